The molecule has 0 N–H and O–H groups in total. The summed E-state index contributed by atoms with van der Waals surface area (Å²) in [4.78, 5) is 52.1. The molecular weight excluding hydrogens is 484 g/mol. The van der Waals surface area contributed by atoms with Gasteiger partial charge in [-0.3, -0.25) is 9.59 Å². The number of carbonyl (C=O) groups is 4. The van der Waals surface area contributed by atoms with Gasteiger partial charge in [0.2, 0.25) is 12.5 Å². The van der Waals surface area contributed by atoms with E-state index in [-0.39, 0.29) is 55.0 Å². The minimum absolute atomic E-state index is 0.0688. The van der Waals surface area contributed by atoms with Gasteiger partial charge in [-0.25, -0.2) is 9.59 Å². The third-order valence-corrected chi connectivity index (χ3v) is 7.79. The van der Waals surface area contributed by atoms with Crippen molar-refractivity contribution in [2.24, 2.45) is 17.8 Å². The van der Waals surface area contributed by atoms with Crippen molar-refractivity contribution in [2.75, 3.05) is 27.6 Å². The van der Waals surface area contributed by atoms with Crippen LogP contribution in [0.5, 0.6) is 17.2 Å². The first-order chi connectivity index (χ1) is 17.6. The van der Waals surface area contributed by atoms with Crippen molar-refractivity contribution in [3.63, 3.8) is 0 Å². The Hall–Kier alpha value is -3.56. The number of Topliss-reactive ketones (excluding diaryl/α,β-unsaturated/α-hetero) is 1. The van der Waals surface area contributed by atoms with Crippen LogP contribution in [0.25, 0.3) is 0 Å². The lowest BCUT2D eigenvalue weighted by molar-refractivity contribution is -0.158. The third kappa shape index (κ3) is 4.22. The molecule has 1 aromatic carbocycles. The SMILES string of the molecule is CC[C@@H](C)C(=O)O[C@H]1c2cc3c(c4c2[C@@](C(=O)C(=O)OC)(CO4)/C(=C\C(=O)OC)C[C@@H](C)[C@H]1C)OCO3. The summed E-state index contributed by atoms with van der Waals surface area (Å²) >= 11 is 0. The van der Waals surface area contributed by atoms with E-state index in [0.717, 1.165) is 7.11 Å². The van der Waals surface area contributed by atoms with Crippen molar-refractivity contribution in [3.8, 4) is 17.2 Å². The van der Waals surface area contributed by atoms with Crippen LogP contribution in [0.2, 0.25) is 0 Å². The third-order valence-electron chi connectivity index (χ3n) is 7.79. The average molecular weight is 517 g/mol. The van der Waals surface area contributed by atoms with Gasteiger partial charge in [0.1, 0.15) is 18.1 Å². The summed E-state index contributed by atoms with van der Waals surface area (Å²) < 4.78 is 33.2. The van der Waals surface area contributed by atoms with Crippen LogP contribution < -0.4 is 14.2 Å². The zero-order valence-electron chi connectivity index (χ0n) is 21.9. The number of hydrogen-bond donors (Lipinski definition) is 0. The highest BCUT2D eigenvalue weighted by Gasteiger charge is 2.58. The van der Waals surface area contributed by atoms with Gasteiger partial charge in [-0.05, 0) is 30.4 Å². The molecule has 0 saturated carbocycles. The Bertz CT molecular complexity index is 1170. The van der Waals surface area contributed by atoms with Gasteiger partial charge >= 0.3 is 17.9 Å². The molecule has 37 heavy (non-hydrogen) atoms. The molecule has 0 amide bonds. The summed E-state index contributed by atoms with van der Waals surface area (Å²) in [6.07, 6.45) is 1.27. The molecule has 0 saturated heterocycles. The van der Waals surface area contributed by atoms with Crippen LogP contribution in [0.15, 0.2) is 17.7 Å². The van der Waals surface area contributed by atoms with Crippen LogP contribution in [0, 0.1) is 17.8 Å². The molecule has 4 rings (SSSR count). The number of esters is 3. The van der Waals surface area contributed by atoms with Crippen molar-refractivity contribution in [1.29, 1.82) is 0 Å². The van der Waals surface area contributed by atoms with Gasteiger partial charge < -0.3 is 28.4 Å². The zero-order valence-corrected chi connectivity index (χ0v) is 21.9. The number of carbonyl (C=O) groups excluding carboxylic acids is 4. The number of benzene rings is 1. The van der Waals surface area contributed by atoms with Crippen LogP contribution in [0.1, 0.15) is 57.8 Å². The zero-order chi connectivity index (χ0) is 27.1. The van der Waals surface area contributed by atoms with Gasteiger partial charge in [0, 0.05) is 23.1 Å². The van der Waals surface area contributed by atoms with E-state index in [1.807, 2.05) is 20.8 Å². The van der Waals surface area contributed by atoms with Crippen LogP contribution >= 0.6 is 0 Å². The summed E-state index contributed by atoms with van der Waals surface area (Å²) in [5, 5.41) is 0. The highest BCUT2D eigenvalue weighted by molar-refractivity contribution is 6.38. The van der Waals surface area contributed by atoms with Gasteiger partial charge in [0.05, 0.1) is 20.1 Å². The lowest BCUT2D eigenvalue weighted by atomic mass is 9.63. The maximum atomic E-state index is 13.9. The van der Waals surface area contributed by atoms with Crippen LogP contribution in [0.4, 0.5) is 0 Å². The number of rotatable bonds is 6. The quantitative estimate of drug-likeness (QED) is 0.241. The Balaban J connectivity index is 2.06. The average Bonchev–Trinajstić information content (AvgIpc) is 3.53. The standard InChI is InChI=1S/C27H32O10/c1-7-13(2)25(30)37-21-15(4)14(3)8-16(9-19(28)32-5)27(24(29)26(31)33-6)11-34-23-20(27)17(21)10-18-22(23)36-12-35-18/h9-10,13-15,21H,7-8,11-12H2,1-6H3/b16-9-/t13-,14-,15-,21-,27-/m1/s1. The highest BCUT2D eigenvalue weighted by Crippen LogP contribution is 2.59. The predicted molar refractivity (Wildman–Crippen MR) is 128 cm³/mol. The van der Waals surface area contributed by atoms with E-state index < -0.39 is 29.2 Å². The largest absolute Gasteiger partial charge is 0.487 e. The molecule has 1 aromatic rings. The van der Waals surface area contributed by atoms with Gasteiger partial charge in [-0.15, -0.1) is 0 Å². The summed E-state index contributed by atoms with van der Waals surface area (Å²) in [5.41, 5.74) is -0.606. The predicted octanol–water partition coefficient (Wildman–Crippen LogP) is 3.19. The molecule has 5 atom stereocenters. The van der Waals surface area contributed by atoms with Gasteiger partial charge in [0.25, 0.3) is 5.78 Å². The first kappa shape index (κ1) is 26.5. The fourth-order valence-electron chi connectivity index (χ4n) is 5.18. The van der Waals surface area contributed by atoms with Gasteiger partial charge in [-0.2, -0.15) is 0 Å². The van der Waals surface area contributed by atoms with Crippen molar-refractivity contribution < 1.29 is 47.6 Å². The number of ether oxygens (including phenoxy) is 6. The Morgan fingerprint density at radius 1 is 1.11 bits per heavy atom. The molecule has 0 fully saturated rings. The molecule has 1 aliphatic carbocycles. The molecule has 2 aliphatic heterocycles. The van der Waals surface area contributed by atoms with E-state index in [4.69, 9.17) is 28.4 Å². The van der Waals surface area contributed by atoms with E-state index in [1.165, 1.54) is 13.2 Å². The first-order valence-corrected chi connectivity index (χ1v) is 12.3. The lowest BCUT2D eigenvalue weighted by Crippen LogP contribution is -2.47. The fraction of sp³-hybridized carbons (Fsp3) is 0.556. The summed E-state index contributed by atoms with van der Waals surface area (Å²) in [6, 6.07) is 1.67. The minimum Gasteiger partial charge on any atom is -0.487 e. The second-order valence-electron chi connectivity index (χ2n) is 9.82. The van der Waals surface area contributed by atoms with E-state index in [2.05, 4.69) is 0 Å². The summed E-state index contributed by atoms with van der Waals surface area (Å²) in [6.45, 7) is 7.21. The molecule has 0 spiro atoms. The van der Waals surface area contributed by atoms with E-state index >= 15 is 0 Å². The second-order valence-corrected chi connectivity index (χ2v) is 9.82. The molecule has 0 radical (unpaired) electrons. The topological polar surface area (TPSA) is 124 Å². The van der Waals surface area contributed by atoms with E-state index in [9.17, 15) is 19.2 Å². The summed E-state index contributed by atoms with van der Waals surface area (Å²) in [5.74, 6) is -2.96. The monoisotopic (exact) mass is 516 g/mol. The van der Waals surface area contributed by atoms with Crippen molar-refractivity contribution in [3.05, 3.63) is 28.8 Å². The molecule has 3 aliphatic rings. The second kappa shape index (κ2) is 10.1. The van der Waals surface area contributed by atoms with Gasteiger partial charge in [-0.1, -0.05) is 27.7 Å². The molecule has 2 heterocycles. The Morgan fingerprint density at radius 2 is 1.84 bits per heavy atom. The molecule has 200 valence electrons. The number of hydrogen-bond acceptors (Lipinski definition) is 10. The molecular formula is C27H32O10. The molecule has 10 heteroatoms. The van der Waals surface area contributed by atoms with Crippen LogP contribution in [0.3, 0.4) is 0 Å². The van der Waals surface area contributed by atoms with E-state index in [1.54, 1.807) is 13.0 Å². The summed E-state index contributed by atoms with van der Waals surface area (Å²) in [7, 11) is 2.35. The van der Waals surface area contributed by atoms with E-state index in [0.29, 0.717) is 28.9 Å². The Morgan fingerprint density at radius 3 is 2.49 bits per heavy atom. The number of fused-ring (bicyclic) bond motifs is 2. The highest BCUT2D eigenvalue weighted by atomic mass is 16.7. The smallest absolute Gasteiger partial charge is 0.375 e. The maximum Gasteiger partial charge on any atom is 0.375 e. The first-order valence-electron chi connectivity index (χ1n) is 12.3. The van der Waals surface area contributed by atoms with Crippen molar-refractivity contribution >= 4 is 23.7 Å². The fourth-order valence-corrected chi connectivity index (χ4v) is 5.18. The lowest BCUT2D eigenvalue weighted by Gasteiger charge is -2.39. The maximum absolute atomic E-state index is 13.9. The van der Waals surface area contributed by atoms with Crippen LogP contribution in [-0.4, -0.2) is 51.3 Å². The normalized spacial score (nSPS) is 27.3. The molecule has 0 bridgehead atoms. The van der Waals surface area contributed by atoms with Crippen molar-refractivity contribution in [2.45, 2.75) is 52.1 Å². The number of methoxy groups -OCH3 is 2. The van der Waals surface area contributed by atoms with Gasteiger partial charge in [0.15, 0.2) is 11.5 Å². The molecule has 10 nitrogen and oxygen atoms in total. The van der Waals surface area contributed by atoms with Crippen molar-refractivity contribution in [1.82, 2.24) is 0 Å². The number of ketones is 1. The molecule has 0 aromatic heterocycles. The Labute approximate surface area is 215 Å². The Kier molecular flexibility index (Phi) is 7.21. The van der Waals surface area contributed by atoms with Crippen LogP contribution in [-0.2, 0) is 38.8 Å². The minimum atomic E-state index is -1.72. The molecule has 0 unspecified atom stereocenters.